The molecule has 0 saturated carbocycles. The molecule has 8 heteroatoms. The molecule has 182 valence electrons. The Labute approximate surface area is 216 Å². The molecular formula is C24H43IN6S. The molecule has 1 aromatic heterocycles. The van der Waals surface area contributed by atoms with E-state index < -0.39 is 0 Å². The van der Waals surface area contributed by atoms with Crippen LogP contribution in [0.2, 0.25) is 0 Å². The summed E-state index contributed by atoms with van der Waals surface area (Å²) in [6.45, 7) is 9.68. The van der Waals surface area contributed by atoms with Crippen LogP contribution in [0.3, 0.4) is 0 Å². The Hall–Kier alpha value is -0.450. The first kappa shape index (κ1) is 26.2. The maximum absolute atomic E-state index is 5.24. The maximum atomic E-state index is 5.24. The van der Waals surface area contributed by atoms with Gasteiger partial charge in [-0.25, -0.2) is 4.98 Å². The molecule has 2 fully saturated rings. The van der Waals surface area contributed by atoms with Crippen molar-refractivity contribution in [1.82, 2.24) is 25.0 Å². The first-order valence-electron chi connectivity index (χ1n) is 12.5. The lowest BCUT2D eigenvalue weighted by atomic mass is 9.84. The number of nitrogens with zero attached hydrogens (tertiary/aromatic N) is 5. The van der Waals surface area contributed by atoms with E-state index in [0.717, 1.165) is 32.0 Å². The van der Waals surface area contributed by atoms with Crippen LogP contribution >= 0.6 is 35.3 Å². The van der Waals surface area contributed by atoms with Crippen LogP contribution in [0.25, 0.3) is 0 Å². The first-order chi connectivity index (χ1) is 15.1. The Morgan fingerprint density at radius 3 is 2.50 bits per heavy atom. The van der Waals surface area contributed by atoms with Crippen molar-refractivity contribution in [1.29, 1.82) is 0 Å². The molecule has 0 amide bonds. The van der Waals surface area contributed by atoms with Gasteiger partial charge in [0.25, 0.3) is 0 Å². The number of halogens is 1. The quantitative estimate of drug-likeness (QED) is 0.317. The first-order valence-corrected chi connectivity index (χ1v) is 13.3. The predicted molar refractivity (Wildman–Crippen MR) is 147 cm³/mol. The summed E-state index contributed by atoms with van der Waals surface area (Å²) in [5.74, 6) is 1.03. The van der Waals surface area contributed by atoms with Crippen molar-refractivity contribution in [2.24, 2.45) is 4.99 Å². The highest BCUT2D eigenvalue weighted by Gasteiger charge is 2.39. The smallest absolute Gasteiger partial charge is 0.194 e. The minimum atomic E-state index is 0. The van der Waals surface area contributed by atoms with Gasteiger partial charge in [0.15, 0.2) is 5.96 Å². The molecule has 3 heterocycles. The van der Waals surface area contributed by atoms with Crippen molar-refractivity contribution in [2.75, 3.05) is 53.4 Å². The molecule has 32 heavy (non-hydrogen) atoms. The zero-order chi connectivity index (χ0) is 21.7. The van der Waals surface area contributed by atoms with Crippen LogP contribution in [0.1, 0.15) is 67.4 Å². The molecule has 0 aromatic carbocycles. The topological polar surface area (TPSA) is 47.0 Å². The zero-order valence-corrected chi connectivity index (χ0v) is 23.5. The number of rotatable bonds is 6. The van der Waals surface area contributed by atoms with E-state index in [1.54, 1.807) is 0 Å². The van der Waals surface area contributed by atoms with Crippen LogP contribution in [-0.4, -0.2) is 84.5 Å². The molecule has 2 aliphatic heterocycles. The monoisotopic (exact) mass is 574 g/mol. The van der Waals surface area contributed by atoms with Gasteiger partial charge < -0.3 is 15.1 Å². The summed E-state index contributed by atoms with van der Waals surface area (Å²) in [5.41, 5.74) is 1.59. The van der Waals surface area contributed by atoms with Gasteiger partial charge >= 0.3 is 0 Å². The number of piperidine rings is 2. The van der Waals surface area contributed by atoms with Crippen LogP contribution in [0.5, 0.6) is 0 Å². The zero-order valence-electron chi connectivity index (χ0n) is 20.4. The van der Waals surface area contributed by atoms with E-state index in [2.05, 4.69) is 41.0 Å². The lowest BCUT2D eigenvalue weighted by Gasteiger charge is -2.49. The highest BCUT2D eigenvalue weighted by Crippen LogP contribution is 2.32. The lowest BCUT2D eigenvalue weighted by molar-refractivity contribution is 0.0206. The summed E-state index contributed by atoms with van der Waals surface area (Å²) in [6, 6.07) is 0. The summed E-state index contributed by atoms with van der Waals surface area (Å²) >= 11 is 1.92. The summed E-state index contributed by atoms with van der Waals surface area (Å²) < 4.78 is 0. The molecule has 0 spiro atoms. The van der Waals surface area contributed by atoms with Gasteiger partial charge in [-0.3, -0.25) is 9.89 Å². The van der Waals surface area contributed by atoms with Gasteiger partial charge in [0.1, 0.15) is 5.01 Å². The van der Waals surface area contributed by atoms with Crippen LogP contribution in [0, 0.1) is 0 Å². The van der Waals surface area contributed by atoms with E-state index in [1.807, 2.05) is 11.3 Å². The van der Waals surface area contributed by atoms with Gasteiger partial charge in [-0.15, -0.1) is 35.3 Å². The summed E-state index contributed by atoms with van der Waals surface area (Å²) in [5, 5.41) is 4.80. The highest BCUT2D eigenvalue weighted by molar-refractivity contribution is 14.0. The van der Waals surface area contributed by atoms with Crippen molar-refractivity contribution >= 4 is 41.3 Å². The second-order valence-corrected chi connectivity index (χ2v) is 11.0. The Balaban J connectivity index is 0.00000289. The molecule has 0 atom stereocenters. The molecule has 0 radical (unpaired) electrons. The molecule has 1 aliphatic carbocycles. The number of fused-ring (bicyclic) bond motifs is 1. The summed E-state index contributed by atoms with van der Waals surface area (Å²) in [6.07, 6.45) is 11.5. The molecule has 3 aliphatic rings. The fourth-order valence-corrected chi connectivity index (χ4v) is 6.63. The average Bonchev–Trinajstić information content (AvgIpc) is 3.21. The van der Waals surface area contributed by atoms with Crippen LogP contribution in [0.15, 0.2) is 4.99 Å². The van der Waals surface area contributed by atoms with Gasteiger partial charge in [0.2, 0.25) is 0 Å². The fourth-order valence-electron chi connectivity index (χ4n) is 5.42. The van der Waals surface area contributed by atoms with E-state index in [4.69, 9.17) is 9.98 Å². The van der Waals surface area contributed by atoms with Crippen LogP contribution in [-0.2, 0) is 19.4 Å². The molecule has 6 nitrogen and oxygen atoms in total. The Kier molecular flexibility index (Phi) is 10.1. The lowest BCUT2D eigenvalue weighted by Crippen LogP contribution is -2.58. The number of aliphatic imine (C=N–C) groups is 1. The van der Waals surface area contributed by atoms with E-state index in [1.165, 1.54) is 93.1 Å². The standard InChI is InChI=1S/C24H42N6S.HI/c1-4-25-23(29(3)18-22-27-20-10-6-7-11-21(20)31-22)26-19-24(12-16-28(2)17-13-24)30-14-8-5-9-15-30;/h4-19H2,1-3H3,(H,25,26);1H. The number of likely N-dealkylation sites (tertiary alicyclic amines) is 2. The van der Waals surface area contributed by atoms with Crippen molar-refractivity contribution in [2.45, 2.75) is 76.8 Å². The van der Waals surface area contributed by atoms with Crippen molar-refractivity contribution in [3.8, 4) is 0 Å². The van der Waals surface area contributed by atoms with Gasteiger partial charge in [-0.1, -0.05) is 6.42 Å². The summed E-state index contributed by atoms with van der Waals surface area (Å²) in [7, 11) is 4.43. The number of aryl methyl sites for hydroxylation is 2. The second-order valence-electron chi connectivity index (χ2n) is 9.79. The minimum Gasteiger partial charge on any atom is -0.357 e. The third-order valence-corrected chi connectivity index (χ3v) is 8.57. The molecular weight excluding hydrogens is 531 g/mol. The van der Waals surface area contributed by atoms with Crippen molar-refractivity contribution in [3.63, 3.8) is 0 Å². The average molecular weight is 575 g/mol. The minimum absolute atomic E-state index is 0. The third-order valence-electron chi connectivity index (χ3n) is 7.43. The molecule has 2 saturated heterocycles. The van der Waals surface area contributed by atoms with Crippen LogP contribution < -0.4 is 5.32 Å². The number of hydrogen-bond acceptors (Lipinski definition) is 5. The van der Waals surface area contributed by atoms with Crippen LogP contribution in [0.4, 0.5) is 0 Å². The highest BCUT2D eigenvalue weighted by atomic mass is 127. The van der Waals surface area contributed by atoms with E-state index in [-0.39, 0.29) is 29.5 Å². The molecule has 4 rings (SSSR count). The predicted octanol–water partition coefficient (Wildman–Crippen LogP) is 3.99. The molecule has 0 bridgehead atoms. The number of hydrogen-bond donors (Lipinski definition) is 1. The van der Waals surface area contributed by atoms with Gasteiger partial charge in [-0.05, 0) is 91.5 Å². The third kappa shape index (κ3) is 6.36. The molecule has 0 unspecified atom stereocenters. The maximum Gasteiger partial charge on any atom is 0.194 e. The number of guanidine groups is 1. The summed E-state index contributed by atoms with van der Waals surface area (Å²) in [4.78, 5) is 19.3. The van der Waals surface area contributed by atoms with Gasteiger partial charge in [0.05, 0.1) is 18.8 Å². The second kappa shape index (κ2) is 12.3. The number of nitrogens with one attached hydrogen (secondary N) is 1. The Bertz CT molecular complexity index is 713. The van der Waals surface area contributed by atoms with E-state index in [9.17, 15) is 0 Å². The molecule has 1 N–H and O–H groups in total. The number of thiazole rings is 1. The number of aromatic nitrogens is 1. The van der Waals surface area contributed by atoms with E-state index in [0.29, 0.717) is 0 Å². The Morgan fingerprint density at radius 2 is 1.81 bits per heavy atom. The van der Waals surface area contributed by atoms with E-state index >= 15 is 0 Å². The van der Waals surface area contributed by atoms with Crippen molar-refractivity contribution in [3.05, 3.63) is 15.6 Å². The SMILES string of the molecule is CCNC(=NCC1(N2CCCCC2)CCN(C)CC1)N(C)Cc1nc2c(s1)CCCC2.I. The fraction of sp³-hybridized carbons (Fsp3) is 0.833. The van der Waals surface area contributed by atoms with Gasteiger partial charge in [-0.2, -0.15) is 0 Å². The largest absolute Gasteiger partial charge is 0.357 e. The van der Waals surface area contributed by atoms with Gasteiger partial charge in [0, 0.05) is 24.0 Å². The van der Waals surface area contributed by atoms with Crippen molar-refractivity contribution < 1.29 is 0 Å². The normalized spacial score (nSPS) is 22.2. The molecule has 1 aromatic rings. The Morgan fingerprint density at radius 1 is 1.09 bits per heavy atom.